The highest BCUT2D eigenvalue weighted by Crippen LogP contribution is 2.29. The van der Waals surface area contributed by atoms with Gasteiger partial charge < -0.3 is 79.9 Å². The fourth-order valence-corrected chi connectivity index (χ4v) is 3.94. The molecule has 15 atom stereocenters. The number of aliphatic hydroxyl groups is 11. The summed E-state index contributed by atoms with van der Waals surface area (Å²) in [6, 6.07) is 0. The Hall–Kier alpha value is -0.640. The number of ether oxygens (including phenoxy) is 5. The Morgan fingerprint density at radius 2 is 1.00 bits per heavy atom. The molecule has 3 rings (SSSR count). The van der Waals surface area contributed by atoms with E-state index in [-0.39, 0.29) is 0 Å². The molecule has 0 aromatic rings. The maximum Gasteiger partial charge on any atom is 0.187 e. The van der Waals surface area contributed by atoms with Gasteiger partial charge in [-0.05, 0) is 0 Å². The van der Waals surface area contributed by atoms with Gasteiger partial charge in [0.25, 0.3) is 0 Å². The molecule has 0 bridgehead atoms. The zero-order valence-corrected chi connectivity index (χ0v) is 17.7. The zero-order valence-electron chi connectivity index (χ0n) is 17.7. The average Bonchev–Trinajstić information content (AvgIpc) is 2.82. The fraction of sp³-hybridized carbons (Fsp3) is 1.00. The molecule has 1 unspecified atom stereocenters. The van der Waals surface area contributed by atoms with Crippen molar-refractivity contribution in [2.24, 2.45) is 0 Å². The summed E-state index contributed by atoms with van der Waals surface area (Å²) in [5.41, 5.74) is 0. The van der Waals surface area contributed by atoms with Crippen LogP contribution in [-0.2, 0) is 23.7 Å². The molecule has 0 aliphatic carbocycles. The summed E-state index contributed by atoms with van der Waals surface area (Å²) in [5.74, 6) is 0. The van der Waals surface area contributed by atoms with Crippen LogP contribution in [0.1, 0.15) is 0 Å². The van der Waals surface area contributed by atoms with Crippen molar-refractivity contribution in [3.05, 3.63) is 0 Å². The molecule has 0 radical (unpaired) electrons. The molecule has 16 heteroatoms. The van der Waals surface area contributed by atoms with Crippen molar-refractivity contribution >= 4 is 0 Å². The van der Waals surface area contributed by atoms with E-state index in [1.807, 2.05) is 0 Å². The molecule has 34 heavy (non-hydrogen) atoms. The minimum absolute atomic E-state index is 0.609. The van der Waals surface area contributed by atoms with Crippen molar-refractivity contribution in [2.45, 2.75) is 92.1 Å². The van der Waals surface area contributed by atoms with Crippen LogP contribution in [0.5, 0.6) is 0 Å². The van der Waals surface area contributed by atoms with Crippen molar-refractivity contribution in [1.29, 1.82) is 0 Å². The van der Waals surface area contributed by atoms with Crippen LogP contribution in [0, 0.1) is 0 Å². The van der Waals surface area contributed by atoms with Crippen molar-refractivity contribution < 1.29 is 79.9 Å². The molecule has 3 fully saturated rings. The summed E-state index contributed by atoms with van der Waals surface area (Å²) in [6.07, 6.45) is -24.9. The van der Waals surface area contributed by atoms with Crippen molar-refractivity contribution in [3.8, 4) is 0 Å². The first kappa shape index (κ1) is 27.9. The van der Waals surface area contributed by atoms with E-state index < -0.39 is 112 Å². The molecule has 3 aliphatic rings. The number of rotatable bonds is 7. The topological polar surface area (TPSA) is 269 Å². The lowest BCUT2D eigenvalue weighted by Gasteiger charge is -2.45. The molecule has 0 aromatic heterocycles. The van der Waals surface area contributed by atoms with Crippen molar-refractivity contribution in [2.75, 3.05) is 19.8 Å². The predicted molar refractivity (Wildman–Crippen MR) is 101 cm³/mol. The molecule has 0 saturated carbocycles. The Balaban J connectivity index is 1.65. The lowest BCUT2D eigenvalue weighted by Crippen LogP contribution is -2.65. The second-order valence-electron chi connectivity index (χ2n) is 8.37. The fourth-order valence-electron chi connectivity index (χ4n) is 3.94. The summed E-state index contributed by atoms with van der Waals surface area (Å²) in [5, 5.41) is 109. The zero-order chi connectivity index (χ0) is 25.3. The first-order valence-electron chi connectivity index (χ1n) is 10.6. The van der Waals surface area contributed by atoms with Crippen molar-refractivity contribution in [1.82, 2.24) is 0 Å². The van der Waals surface area contributed by atoms with Crippen LogP contribution in [0.3, 0.4) is 0 Å². The van der Waals surface area contributed by atoms with E-state index in [1.165, 1.54) is 0 Å². The Morgan fingerprint density at radius 3 is 1.53 bits per heavy atom. The van der Waals surface area contributed by atoms with E-state index in [0.717, 1.165) is 0 Å². The van der Waals surface area contributed by atoms with Crippen LogP contribution >= 0.6 is 0 Å². The summed E-state index contributed by atoms with van der Waals surface area (Å²) in [7, 11) is 0. The van der Waals surface area contributed by atoms with Crippen LogP contribution in [-0.4, -0.2) is 168 Å². The molecule has 11 N–H and O–H groups in total. The van der Waals surface area contributed by atoms with Gasteiger partial charge in [-0.1, -0.05) is 0 Å². The maximum absolute atomic E-state index is 10.6. The van der Waals surface area contributed by atoms with E-state index in [9.17, 15) is 56.2 Å². The number of hydrogen-bond acceptors (Lipinski definition) is 16. The Bertz CT molecular complexity index is 637. The van der Waals surface area contributed by atoms with Crippen LogP contribution in [0.15, 0.2) is 0 Å². The third-order valence-corrected chi connectivity index (χ3v) is 6.07. The second-order valence-corrected chi connectivity index (χ2v) is 8.37. The van der Waals surface area contributed by atoms with Gasteiger partial charge in [-0.15, -0.1) is 0 Å². The highest BCUT2D eigenvalue weighted by Gasteiger charge is 2.51. The van der Waals surface area contributed by atoms with Gasteiger partial charge in [-0.3, -0.25) is 0 Å². The van der Waals surface area contributed by atoms with Gasteiger partial charge in [0.15, 0.2) is 18.9 Å². The Morgan fingerprint density at radius 1 is 0.500 bits per heavy atom. The van der Waals surface area contributed by atoms with Crippen LogP contribution in [0.2, 0.25) is 0 Å². The summed E-state index contributed by atoms with van der Waals surface area (Å²) in [6.45, 7) is -2.06. The largest absolute Gasteiger partial charge is 0.394 e. The molecule has 3 heterocycles. The summed E-state index contributed by atoms with van der Waals surface area (Å²) >= 11 is 0. The molecular weight excluding hydrogens is 472 g/mol. The van der Waals surface area contributed by atoms with E-state index >= 15 is 0 Å². The molecule has 16 nitrogen and oxygen atoms in total. The van der Waals surface area contributed by atoms with E-state index in [2.05, 4.69) is 0 Å². The monoisotopic (exact) mass is 504 g/mol. The van der Waals surface area contributed by atoms with Gasteiger partial charge in [0.1, 0.15) is 73.2 Å². The van der Waals surface area contributed by atoms with E-state index in [0.29, 0.717) is 0 Å². The minimum atomic E-state index is -1.93. The summed E-state index contributed by atoms with van der Waals surface area (Å²) in [4.78, 5) is 0. The maximum atomic E-state index is 10.6. The van der Waals surface area contributed by atoms with Gasteiger partial charge in [0.05, 0.1) is 19.8 Å². The van der Waals surface area contributed by atoms with E-state index in [1.54, 1.807) is 0 Å². The van der Waals surface area contributed by atoms with E-state index in [4.69, 9.17) is 23.7 Å². The lowest BCUT2D eigenvalue weighted by molar-refractivity contribution is -0.361. The quantitative estimate of drug-likeness (QED) is 0.154. The van der Waals surface area contributed by atoms with Gasteiger partial charge >= 0.3 is 0 Å². The third kappa shape index (κ3) is 5.52. The molecule has 0 amide bonds. The third-order valence-electron chi connectivity index (χ3n) is 6.07. The SMILES string of the molecule is OC[C@H]1O[C@@H](OC[C@H]2OC(O)[C@H](O)[C@@H](O[C@@H]3O[C@H](CO)[C@@H](O)[C@H](O)[C@H]3O)[C@@H]2O)[C@H](O)[C@@H](O)[C@@H]1O. The molecule has 0 aromatic carbocycles. The molecule has 200 valence electrons. The lowest BCUT2D eigenvalue weighted by atomic mass is 9.97. The Labute approximate surface area is 192 Å². The standard InChI is InChI=1S/C18H32O16/c19-1-4-7(21)10(24)12(26)17(32-4)30-3-6-9(23)15(14(28)16(29)31-6)34-18-13(27)11(25)8(22)5(2-20)33-18/h4-29H,1-3H2/t4-,5-,6-,7-,8-,9-,10+,11+,12-,13-,14-,15+,16?,17-,18+/m1/s1. The molecule has 0 spiro atoms. The van der Waals surface area contributed by atoms with Gasteiger partial charge in [0.2, 0.25) is 0 Å². The minimum Gasteiger partial charge on any atom is -0.394 e. The highest BCUT2D eigenvalue weighted by molar-refractivity contribution is 4.94. The van der Waals surface area contributed by atoms with Crippen molar-refractivity contribution in [3.63, 3.8) is 0 Å². The number of aliphatic hydroxyl groups excluding tert-OH is 11. The van der Waals surface area contributed by atoms with Crippen LogP contribution in [0.25, 0.3) is 0 Å². The van der Waals surface area contributed by atoms with Gasteiger partial charge in [-0.2, -0.15) is 0 Å². The average molecular weight is 504 g/mol. The highest BCUT2D eigenvalue weighted by atomic mass is 16.7. The smallest absolute Gasteiger partial charge is 0.187 e. The van der Waals surface area contributed by atoms with Gasteiger partial charge in [-0.25, -0.2) is 0 Å². The van der Waals surface area contributed by atoms with Crippen LogP contribution in [0.4, 0.5) is 0 Å². The normalized spacial score (nSPS) is 52.5. The Kier molecular flexibility index (Phi) is 9.54. The predicted octanol–water partition coefficient (Wildman–Crippen LogP) is -7.57. The molecule has 3 aliphatic heterocycles. The second kappa shape index (κ2) is 11.6. The number of hydrogen-bond donors (Lipinski definition) is 11. The first-order chi connectivity index (χ1) is 16.0. The summed E-state index contributed by atoms with van der Waals surface area (Å²) < 4.78 is 26.1. The van der Waals surface area contributed by atoms with Crippen LogP contribution < -0.4 is 0 Å². The first-order valence-corrected chi connectivity index (χ1v) is 10.6. The van der Waals surface area contributed by atoms with Gasteiger partial charge in [0, 0.05) is 0 Å². The molecular formula is C18H32O16. The molecule has 3 saturated heterocycles.